The molecule has 0 amide bonds. The van der Waals surface area contributed by atoms with Gasteiger partial charge in [0.05, 0.1) is 17.0 Å². The summed E-state index contributed by atoms with van der Waals surface area (Å²) in [5, 5.41) is 0.365. The predicted octanol–water partition coefficient (Wildman–Crippen LogP) is 10.3. The molecule has 0 spiro atoms. The highest BCUT2D eigenvalue weighted by Gasteiger charge is 2.31. The minimum absolute atomic E-state index is 0.340. The van der Waals surface area contributed by atoms with Gasteiger partial charge in [-0.3, -0.25) is 4.90 Å². The van der Waals surface area contributed by atoms with Gasteiger partial charge in [0, 0.05) is 42.3 Å². The number of alkyl halides is 3. The Hall–Kier alpha value is -3.09. The van der Waals surface area contributed by atoms with Crippen LogP contribution in [0, 0.1) is 5.92 Å². The summed E-state index contributed by atoms with van der Waals surface area (Å²) in [4.78, 5) is 7.54. The molecule has 1 aliphatic rings. The number of nitrogens with zero attached hydrogens (tertiary/aromatic N) is 3. The molecule has 3 nitrogen and oxygen atoms in total. The minimum atomic E-state index is -4.42. The van der Waals surface area contributed by atoms with Gasteiger partial charge in [0.15, 0.2) is 0 Å². The van der Waals surface area contributed by atoms with Gasteiger partial charge < -0.3 is 4.57 Å². The van der Waals surface area contributed by atoms with Crippen molar-refractivity contribution in [1.82, 2.24) is 14.5 Å². The Morgan fingerprint density at radius 2 is 1.55 bits per heavy atom. The predicted molar refractivity (Wildman–Crippen MR) is 165 cm³/mol. The summed E-state index contributed by atoms with van der Waals surface area (Å²) in [6.07, 6.45) is 3.55. The first-order valence-electron chi connectivity index (χ1n) is 15.1. The maximum Gasteiger partial charge on any atom is 0.416 e. The van der Waals surface area contributed by atoms with E-state index < -0.39 is 11.7 Å². The SMILES string of the molecule is CCCCn1c(-c2ccccc2)nc(-c2ccccc2)c1CN(Cc1cc(C(F)(F)F)ccc1Cl)CC1CCCCC1. The third-order valence-electron chi connectivity index (χ3n) is 8.27. The highest BCUT2D eigenvalue weighted by Crippen LogP contribution is 2.35. The molecule has 0 atom stereocenters. The molecule has 0 saturated heterocycles. The van der Waals surface area contributed by atoms with Crippen LogP contribution in [0.1, 0.15) is 68.7 Å². The molecule has 0 aliphatic heterocycles. The molecule has 1 fully saturated rings. The highest BCUT2D eigenvalue weighted by atomic mass is 35.5. The van der Waals surface area contributed by atoms with E-state index in [2.05, 4.69) is 40.7 Å². The quantitative estimate of drug-likeness (QED) is 0.172. The van der Waals surface area contributed by atoms with Crippen molar-refractivity contribution < 1.29 is 13.2 Å². The normalized spacial score (nSPS) is 14.5. The van der Waals surface area contributed by atoms with Gasteiger partial charge in [0.1, 0.15) is 5.82 Å². The second-order valence-electron chi connectivity index (χ2n) is 11.4. The minimum Gasteiger partial charge on any atom is -0.326 e. The van der Waals surface area contributed by atoms with E-state index in [1.54, 1.807) is 0 Å². The van der Waals surface area contributed by atoms with Crippen molar-refractivity contribution in [2.45, 2.75) is 77.7 Å². The van der Waals surface area contributed by atoms with E-state index in [1.807, 2.05) is 36.4 Å². The molecular weight excluding hydrogens is 555 g/mol. The molecule has 0 unspecified atom stereocenters. The molecule has 222 valence electrons. The van der Waals surface area contributed by atoms with Gasteiger partial charge >= 0.3 is 6.18 Å². The number of unbranched alkanes of at least 4 members (excludes halogenated alkanes) is 1. The van der Waals surface area contributed by atoms with Gasteiger partial charge in [-0.2, -0.15) is 13.2 Å². The van der Waals surface area contributed by atoms with Crippen molar-refractivity contribution in [2.75, 3.05) is 6.54 Å². The average molecular weight is 594 g/mol. The number of rotatable bonds is 11. The Morgan fingerprint density at radius 1 is 0.881 bits per heavy atom. The van der Waals surface area contributed by atoms with Crippen molar-refractivity contribution in [3.63, 3.8) is 0 Å². The Morgan fingerprint density at radius 3 is 2.19 bits per heavy atom. The van der Waals surface area contributed by atoms with Gasteiger partial charge in [-0.1, -0.05) is 105 Å². The molecular formula is C35H39ClF3N3. The van der Waals surface area contributed by atoms with E-state index in [9.17, 15) is 13.2 Å². The van der Waals surface area contributed by atoms with Crippen molar-refractivity contribution in [1.29, 1.82) is 0 Å². The van der Waals surface area contributed by atoms with Crippen LogP contribution in [-0.2, 0) is 25.8 Å². The zero-order valence-corrected chi connectivity index (χ0v) is 25.0. The smallest absolute Gasteiger partial charge is 0.326 e. The fourth-order valence-corrected chi connectivity index (χ4v) is 6.26. The maximum atomic E-state index is 13.7. The lowest BCUT2D eigenvalue weighted by Crippen LogP contribution is -2.31. The molecule has 3 aromatic carbocycles. The van der Waals surface area contributed by atoms with Crippen LogP contribution >= 0.6 is 11.6 Å². The van der Waals surface area contributed by atoms with E-state index in [4.69, 9.17) is 16.6 Å². The monoisotopic (exact) mass is 593 g/mol. The summed E-state index contributed by atoms with van der Waals surface area (Å²) in [6, 6.07) is 24.1. The molecule has 0 N–H and O–H groups in total. The summed E-state index contributed by atoms with van der Waals surface area (Å²) in [5.74, 6) is 1.43. The third-order valence-corrected chi connectivity index (χ3v) is 8.64. The van der Waals surface area contributed by atoms with Crippen LogP contribution in [-0.4, -0.2) is 21.0 Å². The van der Waals surface area contributed by atoms with Crippen molar-refractivity contribution in [3.05, 3.63) is 101 Å². The summed E-state index contributed by atoms with van der Waals surface area (Å²) < 4.78 is 43.3. The summed E-state index contributed by atoms with van der Waals surface area (Å²) >= 11 is 6.54. The van der Waals surface area contributed by atoms with Gasteiger partial charge in [-0.05, 0) is 48.9 Å². The van der Waals surface area contributed by atoms with E-state index >= 15 is 0 Å². The van der Waals surface area contributed by atoms with E-state index in [1.165, 1.54) is 31.4 Å². The van der Waals surface area contributed by atoms with Gasteiger partial charge in [-0.15, -0.1) is 0 Å². The molecule has 5 rings (SSSR count). The van der Waals surface area contributed by atoms with Crippen LogP contribution in [0.15, 0.2) is 78.9 Å². The zero-order chi connectivity index (χ0) is 29.5. The summed E-state index contributed by atoms with van der Waals surface area (Å²) in [7, 11) is 0. The standard InChI is InChI=1S/C35H39ClF3N3/c1-2-3-21-42-32(33(27-15-9-5-10-16-27)40-34(42)28-17-11-6-12-18-28)25-41(23-26-13-7-4-8-14-26)24-29-22-30(35(37,38)39)19-20-31(29)36/h5-6,9-12,15-20,22,26H,2-4,7-8,13-14,21,23-25H2,1H3. The highest BCUT2D eigenvalue weighted by molar-refractivity contribution is 6.31. The van der Waals surface area contributed by atoms with E-state index in [0.29, 0.717) is 29.6 Å². The van der Waals surface area contributed by atoms with E-state index in [0.717, 1.165) is 73.2 Å². The number of hydrogen-bond acceptors (Lipinski definition) is 2. The van der Waals surface area contributed by atoms with Crippen LogP contribution in [0.5, 0.6) is 0 Å². The molecule has 4 aromatic rings. The Kier molecular flexibility index (Phi) is 10.1. The first-order valence-corrected chi connectivity index (χ1v) is 15.5. The number of halogens is 4. The van der Waals surface area contributed by atoms with Crippen molar-refractivity contribution in [2.24, 2.45) is 5.92 Å². The number of benzene rings is 3. The number of imidazole rings is 1. The Balaban J connectivity index is 1.59. The van der Waals surface area contributed by atoms with Crippen LogP contribution < -0.4 is 0 Å². The fourth-order valence-electron chi connectivity index (χ4n) is 6.08. The lowest BCUT2D eigenvalue weighted by Gasteiger charge is -2.31. The van der Waals surface area contributed by atoms with Gasteiger partial charge in [-0.25, -0.2) is 4.98 Å². The topological polar surface area (TPSA) is 21.1 Å². The van der Waals surface area contributed by atoms with Crippen molar-refractivity contribution in [3.8, 4) is 22.6 Å². The Bertz CT molecular complexity index is 1430. The molecule has 1 aliphatic carbocycles. The average Bonchev–Trinajstić information content (AvgIpc) is 3.35. The molecule has 7 heteroatoms. The third kappa shape index (κ3) is 7.45. The molecule has 42 heavy (non-hydrogen) atoms. The van der Waals surface area contributed by atoms with Gasteiger partial charge in [0.2, 0.25) is 0 Å². The fraction of sp³-hybridized carbons (Fsp3) is 0.400. The number of aromatic nitrogens is 2. The largest absolute Gasteiger partial charge is 0.416 e. The Labute approximate surface area is 252 Å². The second-order valence-corrected chi connectivity index (χ2v) is 11.9. The van der Waals surface area contributed by atoms with Crippen LogP contribution in [0.4, 0.5) is 13.2 Å². The maximum absolute atomic E-state index is 13.7. The first kappa shape index (κ1) is 30.4. The molecule has 0 bridgehead atoms. The lowest BCUT2D eigenvalue weighted by atomic mass is 9.88. The van der Waals surface area contributed by atoms with Crippen LogP contribution in [0.25, 0.3) is 22.6 Å². The molecule has 1 saturated carbocycles. The summed E-state index contributed by atoms with van der Waals surface area (Å²) in [5.41, 5.74) is 3.95. The molecule has 0 radical (unpaired) electrons. The van der Waals surface area contributed by atoms with Crippen LogP contribution in [0.2, 0.25) is 5.02 Å². The van der Waals surface area contributed by atoms with Gasteiger partial charge in [0.25, 0.3) is 0 Å². The van der Waals surface area contributed by atoms with Crippen molar-refractivity contribution >= 4 is 11.6 Å². The second kappa shape index (κ2) is 13.9. The number of hydrogen-bond donors (Lipinski definition) is 0. The summed E-state index contributed by atoms with van der Waals surface area (Å²) in [6.45, 7) is 4.71. The first-order chi connectivity index (χ1) is 20.3. The van der Waals surface area contributed by atoms with E-state index in [-0.39, 0.29) is 0 Å². The molecule has 1 aromatic heterocycles. The van der Waals surface area contributed by atoms with Crippen LogP contribution in [0.3, 0.4) is 0 Å². The lowest BCUT2D eigenvalue weighted by molar-refractivity contribution is -0.137. The zero-order valence-electron chi connectivity index (χ0n) is 24.2. The molecule has 1 heterocycles.